The molecule has 1 heterocycles. The van der Waals surface area contributed by atoms with Crippen LogP contribution in [0, 0.1) is 0 Å². The van der Waals surface area contributed by atoms with E-state index in [1.807, 2.05) is 4.90 Å². The Bertz CT molecular complexity index is 920. The van der Waals surface area contributed by atoms with Gasteiger partial charge in [-0.15, -0.1) is 0 Å². The standard InChI is InChI=1S/C22H23F3N2O3/c1-29-19-7-8-20(30-2)16(14-19)6-9-21(28)27-12-10-26(11-13-27)18-5-3-4-17(15-18)22(23,24)25/h3-9,14-15H,10-13H2,1-2H3/b9-6+. The molecular formula is C22H23F3N2O3. The van der Waals surface area contributed by atoms with Crippen molar-refractivity contribution in [2.75, 3.05) is 45.3 Å². The number of rotatable bonds is 5. The minimum atomic E-state index is -4.38. The van der Waals surface area contributed by atoms with E-state index in [9.17, 15) is 18.0 Å². The van der Waals surface area contributed by atoms with E-state index in [0.717, 1.165) is 12.1 Å². The van der Waals surface area contributed by atoms with Crippen molar-refractivity contribution in [3.05, 3.63) is 59.7 Å². The van der Waals surface area contributed by atoms with Gasteiger partial charge in [-0.3, -0.25) is 4.79 Å². The predicted molar refractivity (Wildman–Crippen MR) is 109 cm³/mol. The molecule has 30 heavy (non-hydrogen) atoms. The van der Waals surface area contributed by atoms with E-state index >= 15 is 0 Å². The summed E-state index contributed by atoms with van der Waals surface area (Å²) in [6.07, 6.45) is -1.24. The lowest BCUT2D eigenvalue weighted by molar-refractivity contribution is -0.137. The summed E-state index contributed by atoms with van der Waals surface area (Å²) in [6.45, 7) is 1.77. The molecule has 0 saturated carbocycles. The summed E-state index contributed by atoms with van der Waals surface area (Å²) in [5, 5.41) is 0. The highest BCUT2D eigenvalue weighted by Gasteiger charge is 2.31. The number of anilines is 1. The number of benzene rings is 2. The number of ether oxygens (including phenoxy) is 2. The number of amides is 1. The highest BCUT2D eigenvalue weighted by molar-refractivity contribution is 5.92. The molecule has 1 amide bonds. The Hall–Kier alpha value is -3.16. The van der Waals surface area contributed by atoms with Crippen molar-refractivity contribution >= 4 is 17.7 Å². The molecular weight excluding hydrogens is 397 g/mol. The summed E-state index contributed by atoms with van der Waals surface area (Å²) in [5.74, 6) is 1.11. The summed E-state index contributed by atoms with van der Waals surface area (Å²) in [5.41, 5.74) is 0.551. The molecule has 0 aromatic heterocycles. The summed E-state index contributed by atoms with van der Waals surface area (Å²) < 4.78 is 49.3. The van der Waals surface area contributed by atoms with E-state index in [1.165, 1.54) is 12.1 Å². The van der Waals surface area contributed by atoms with Crippen molar-refractivity contribution in [3.8, 4) is 11.5 Å². The van der Waals surface area contributed by atoms with E-state index in [4.69, 9.17) is 9.47 Å². The molecule has 5 nitrogen and oxygen atoms in total. The Kier molecular flexibility index (Phi) is 6.54. The van der Waals surface area contributed by atoms with Crippen LogP contribution in [0.4, 0.5) is 18.9 Å². The number of piperazine rings is 1. The number of carbonyl (C=O) groups excluding carboxylic acids is 1. The minimum absolute atomic E-state index is 0.163. The third kappa shape index (κ3) is 5.06. The van der Waals surface area contributed by atoms with Gasteiger partial charge in [0.05, 0.1) is 19.8 Å². The van der Waals surface area contributed by atoms with Crippen LogP contribution in [0.2, 0.25) is 0 Å². The summed E-state index contributed by atoms with van der Waals surface area (Å²) >= 11 is 0. The van der Waals surface area contributed by atoms with E-state index in [-0.39, 0.29) is 5.91 Å². The van der Waals surface area contributed by atoms with Gasteiger partial charge in [-0.25, -0.2) is 0 Å². The second kappa shape index (κ2) is 9.11. The summed E-state index contributed by atoms with van der Waals surface area (Å²) in [4.78, 5) is 16.1. The first-order chi connectivity index (χ1) is 14.3. The van der Waals surface area contributed by atoms with Gasteiger partial charge in [0.2, 0.25) is 5.91 Å². The number of halogens is 3. The predicted octanol–water partition coefficient (Wildman–Crippen LogP) is 4.08. The van der Waals surface area contributed by atoms with Crippen LogP contribution >= 0.6 is 0 Å². The zero-order valence-electron chi connectivity index (χ0n) is 16.8. The molecule has 2 aromatic carbocycles. The molecule has 1 saturated heterocycles. The number of carbonyl (C=O) groups is 1. The largest absolute Gasteiger partial charge is 0.497 e. The van der Waals surface area contributed by atoms with E-state index in [0.29, 0.717) is 48.9 Å². The number of nitrogens with zero attached hydrogens (tertiary/aromatic N) is 2. The molecule has 3 rings (SSSR count). The second-order valence-corrected chi connectivity index (χ2v) is 6.80. The monoisotopic (exact) mass is 420 g/mol. The molecule has 160 valence electrons. The van der Waals surface area contributed by atoms with Gasteiger partial charge >= 0.3 is 6.18 Å². The van der Waals surface area contributed by atoms with Crippen LogP contribution in [0.15, 0.2) is 48.5 Å². The fraction of sp³-hybridized carbons (Fsp3) is 0.318. The molecule has 0 N–H and O–H groups in total. The first-order valence-electron chi connectivity index (χ1n) is 9.43. The van der Waals surface area contributed by atoms with Crippen molar-refractivity contribution in [2.24, 2.45) is 0 Å². The molecule has 1 fully saturated rings. The van der Waals surface area contributed by atoms with Crippen LogP contribution in [-0.2, 0) is 11.0 Å². The zero-order valence-corrected chi connectivity index (χ0v) is 16.8. The molecule has 0 bridgehead atoms. The normalized spacial score (nSPS) is 14.8. The van der Waals surface area contributed by atoms with E-state index < -0.39 is 11.7 Å². The topological polar surface area (TPSA) is 42.0 Å². The van der Waals surface area contributed by atoms with Gasteiger partial charge in [-0.1, -0.05) is 6.07 Å². The van der Waals surface area contributed by atoms with E-state index in [1.54, 1.807) is 49.5 Å². The number of methoxy groups -OCH3 is 2. The van der Waals surface area contributed by atoms with Crippen molar-refractivity contribution in [3.63, 3.8) is 0 Å². The molecule has 0 atom stereocenters. The average Bonchev–Trinajstić information content (AvgIpc) is 2.76. The van der Waals surface area contributed by atoms with Gasteiger partial charge < -0.3 is 19.3 Å². The van der Waals surface area contributed by atoms with Gasteiger partial charge in [0, 0.05) is 43.5 Å². The minimum Gasteiger partial charge on any atom is -0.497 e. The smallest absolute Gasteiger partial charge is 0.416 e. The van der Waals surface area contributed by atoms with Crippen molar-refractivity contribution in [1.82, 2.24) is 4.90 Å². The Morgan fingerprint density at radius 1 is 1.00 bits per heavy atom. The molecule has 0 aliphatic carbocycles. The molecule has 0 radical (unpaired) electrons. The van der Waals surface area contributed by atoms with E-state index in [2.05, 4.69) is 0 Å². The van der Waals surface area contributed by atoms with Crippen LogP contribution in [-0.4, -0.2) is 51.2 Å². The highest BCUT2D eigenvalue weighted by Crippen LogP contribution is 2.32. The SMILES string of the molecule is COc1ccc(OC)c(/C=C/C(=O)N2CCN(c3cccc(C(F)(F)F)c3)CC2)c1. The first-order valence-corrected chi connectivity index (χ1v) is 9.43. The van der Waals surface area contributed by atoms with Gasteiger partial charge in [0.1, 0.15) is 11.5 Å². The first kappa shape index (κ1) is 21.5. The van der Waals surface area contributed by atoms with Crippen LogP contribution in [0.5, 0.6) is 11.5 Å². The fourth-order valence-corrected chi connectivity index (χ4v) is 3.30. The van der Waals surface area contributed by atoms with Crippen molar-refractivity contribution in [1.29, 1.82) is 0 Å². The lowest BCUT2D eigenvalue weighted by Crippen LogP contribution is -2.48. The van der Waals surface area contributed by atoms with Gasteiger partial charge in [0.15, 0.2) is 0 Å². The summed E-state index contributed by atoms with van der Waals surface area (Å²) in [7, 11) is 3.11. The number of hydrogen-bond acceptors (Lipinski definition) is 4. The molecule has 2 aromatic rings. The lowest BCUT2D eigenvalue weighted by atomic mass is 10.1. The molecule has 1 aliphatic heterocycles. The Balaban J connectivity index is 1.63. The highest BCUT2D eigenvalue weighted by atomic mass is 19.4. The second-order valence-electron chi connectivity index (χ2n) is 6.80. The van der Waals surface area contributed by atoms with Crippen LogP contribution < -0.4 is 14.4 Å². The summed E-state index contributed by atoms with van der Waals surface area (Å²) in [6, 6.07) is 10.6. The molecule has 0 spiro atoms. The Morgan fingerprint density at radius 3 is 2.37 bits per heavy atom. The third-order valence-electron chi connectivity index (χ3n) is 4.97. The van der Waals surface area contributed by atoms with Crippen molar-refractivity contribution in [2.45, 2.75) is 6.18 Å². The number of alkyl halides is 3. The number of hydrogen-bond donors (Lipinski definition) is 0. The van der Waals surface area contributed by atoms with Crippen LogP contribution in [0.25, 0.3) is 6.08 Å². The Morgan fingerprint density at radius 2 is 1.73 bits per heavy atom. The molecule has 8 heteroatoms. The Labute approximate surface area is 173 Å². The maximum atomic E-state index is 12.9. The maximum Gasteiger partial charge on any atom is 0.416 e. The van der Waals surface area contributed by atoms with Crippen molar-refractivity contribution < 1.29 is 27.4 Å². The molecule has 0 unspecified atom stereocenters. The molecule has 1 aliphatic rings. The van der Waals surface area contributed by atoms with Crippen LogP contribution in [0.1, 0.15) is 11.1 Å². The average molecular weight is 420 g/mol. The quantitative estimate of drug-likeness (QED) is 0.684. The third-order valence-corrected chi connectivity index (χ3v) is 4.97. The maximum absolute atomic E-state index is 12.9. The van der Waals surface area contributed by atoms with Gasteiger partial charge in [-0.05, 0) is 42.5 Å². The zero-order chi connectivity index (χ0) is 21.7. The van der Waals surface area contributed by atoms with Gasteiger partial charge in [0.25, 0.3) is 0 Å². The van der Waals surface area contributed by atoms with Crippen LogP contribution in [0.3, 0.4) is 0 Å². The lowest BCUT2D eigenvalue weighted by Gasteiger charge is -2.36. The fourth-order valence-electron chi connectivity index (χ4n) is 3.30. The van der Waals surface area contributed by atoms with Gasteiger partial charge in [-0.2, -0.15) is 13.2 Å².